The van der Waals surface area contributed by atoms with E-state index in [4.69, 9.17) is 0 Å². The van der Waals surface area contributed by atoms with Gasteiger partial charge in [0, 0.05) is 24.7 Å². The van der Waals surface area contributed by atoms with Crippen molar-refractivity contribution in [3.05, 3.63) is 40.0 Å². The standard InChI is InChI=1S/C18H24N4OS/c1-3-17-20-15(12-24-17)11-22-8-4-5-14(10-22)18(23)21-16-7-6-13(2)9-19-16/h6-7,9,12,14H,3-5,8,10-11H2,1-2H3,(H,19,21,23). The van der Waals surface area contributed by atoms with Crippen LogP contribution in [0.5, 0.6) is 0 Å². The lowest BCUT2D eigenvalue weighted by atomic mass is 9.97. The molecule has 3 heterocycles. The van der Waals surface area contributed by atoms with Crippen molar-refractivity contribution in [1.82, 2.24) is 14.9 Å². The predicted molar refractivity (Wildman–Crippen MR) is 97.1 cm³/mol. The number of nitrogens with zero attached hydrogens (tertiary/aromatic N) is 3. The molecule has 0 saturated carbocycles. The van der Waals surface area contributed by atoms with Gasteiger partial charge in [0.25, 0.3) is 0 Å². The van der Waals surface area contributed by atoms with Gasteiger partial charge in [-0.15, -0.1) is 11.3 Å². The van der Waals surface area contributed by atoms with Crippen LogP contribution in [-0.2, 0) is 17.8 Å². The summed E-state index contributed by atoms with van der Waals surface area (Å²) in [4.78, 5) is 23.7. The molecule has 2 aromatic heterocycles. The summed E-state index contributed by atoms with van der Waals surface area (Å²) in [7, 11) is 0. The fourth-order valence-corrected chi connectivity index (χ4v) is 3.73. The second kappa shape index (κ2) is 7.85. The lowest BCUT2D eigenvalue weighted by Crippen LogP contribution is -2.40. The first kappa shape index (κ1) is 17.0. The first-order valence-electron chi connectivity index (χ1n) is 8.53. The van der Waals surface area contributed by atoms with Crippen LogP contribution < -0.4 is 5.32 Å². The van der Waals surface area contributed by atoms with Crippen LogP contribution in [-0.4, -0.2) is 33.9 Å². The van der Waals surface area contributed by atoms with E-state index in [1.54, 1.807) is 17.5 Å². The monoisotopic (exact) mass is 344 g/mol. The highest BCUT2D eigenvalue weighted by molar-refractivity contribution is 7.09. The molecule has 3 rings (SSSR count). The van der Waals surface area contributed by atoms with Crippen LogP contribution in [0.4, 0.5) is 5.82 Å². The van der Waals surface area contributed by atoms with Crippen molar-refractivity contribution >= 4 is 23.1 Å². The number of rotatable bonds is 5. The second-order valence-electron chi connectivity index (χ2n) is 6.37. The van der Waals surface area contributed by atoms with Gasteiger partial charge in [-0.05, 0) is 44.4 Å². The van der Waals surface area contributed by atoms with Crippen molar-refractivity contribution in [1.29, 1.82) is 0 Å². The maximum Gasteiger partial charge on any atom is 0.229 e. The van der Waals surface area contributed by atoms with E-state index < -0.39 is 0 Å². The Labute approximate surface area is 147 Å². The van der Waals surface area contributed by atoms with Crippen LogP contribution in [0.3, 0.4) is 0 Å². The van der Waals surface area contributed by atoms with E-state index in [0.717, 1.165) is 50.2 Å². The third-order valence-corrected chi connectivity index (χ3v) is 5.37. The summed E-state index contributed by atoms with van der Waals surface area (Å²) in [6.45, 7) is 6.77. The number of hydrogen-bond acceptors (Lipinski definition) is 5. The summed E-state index contributed by atoms with van der Waals surface area (Å²) < 4.78 is 0. The Kier molecular flexibility index (Phi) is 5.58. The van der Waals surface area contributed by atoms with Gasteiger partial charge in [0.05, 0.1) is 16.6 Å². The van der Waals surface area contributed by atoms with Gasteiger partial charge in [0.1, 0.15) is 5.82 Å². The van der Waals surface area contributed by atoms with Crippen LogP contribution in [0.25, 0.3) is 0 Å². The molecule has 2 aromatic rings. The molecule has 0 spiro atoms. The molecule has 5 nitrogen and oxygen atoms in total. The Morgan fingerprint density at radius 1 is 1.46 bits per heavy atom. The Hall–Kier alpha value is -1.79. The van der Waals surface area contributed by atoms with Crippen LogP contribution in [0, 0.1) is 12.8 Å². The Morgan fingerprint density at radius 3 is 3.04 bits per heavy atom. The predicted octanol–water partition coefficient (Wildman–Crippen LogP) is 3.26. The Morgan fingerprint density at radius 2 is 2.33 bits per heavy atom. The van der Waals surface area contributed by atoms with Crippen molar-refractivity contribution < 1.29 is 4.79 Å². The van der Waals surface area contributed by atoms with Crippen LogP contribution >= 0.6 is 11.3 Å². The second-order valence-corrected chi connectivity index (χ2v) is 7.31. The number of nitrogens with one attached hydrogen (secondary N) is 1. The van der Waals surface area contributed by atoms with Crippen molar-refractivity contribution in [2.75, 3.05) is 18.4 Å². The van der Waals surface area contributed by atoms with Crippen molar-refractivity contribution in [2.45, 2.75) is 39.7 Å². The Bertz CT molecular complexity index is 683. The number of anilines is 1. The molecular weight excluding hydrogens is 320 g/mol. The van der Waals surface area contributed by atoms with E-state index in [9.17, 15) is 4.79 Å². The fraction of sp³-hybridized carbons (Fsp3) is 0.500. The highest BCUT2D eigenvalue weighted by Gasteiger charge is 2.26. The first-order chi connectivity index (χ1) is 11.6. The van der Waals surface area contributed by atoms with Gasteiger partial charge in [-0.25, -0.2) is 9.97 Å². The fourth-order valence-electron chi connectivity index (χ4n) is 3.00. The van der Waals surface area contributed by atoms with Gasteiger partial charge in [-0.2, -0.15) is 0 Å². The van der Waals surface area contributed by atoms with Gasteiger partial charge in [-0.1, -0.05) is 13.0 Å². The average molecular weight is 344 g/mol. The molecule has 0 aliphatic carbocycles. The zero-order chi connectivity index (χ0) is 16.9. The van der Waals surface area contributed by atoms with E-state index in [1.165, 1.54) is 5.01 Å². The normalized spacial score (nSPS) is 18.5. The van der Waals surface area contributed by atoms with E-state index in [2.05, 4.69) is 32.5 Å². The number of aromatic nitrogens is 2. The highest BCUT2D eigenvalue weighted by atomic mass is 32.1. The van der Waals surface area contributed by atoms with Gasteiger partial charge in [-0.3, -0.25) is 9.69 Å². The number of pyridine rings is 1. The van der Waals surface area contributed by atoms with Gasteiger partial charge < -0.3 is 5.32 Å². The number of likely N-dealkylation sites (tertiary alicyclic amines) is 1. The number of thiazole rings is 1. The number of aryl methyl sites for hydroxylation is 2. The molecule has 1 unspecified atom stereocenters. The molecule has 1 atom stereocenters. The summed E-state index contributed by atoms with van der Waals surface area (Å²) in [5, 5.41) is 6.27. The highest BCUT2D eigenvalue weighted by Crippen LogP contribution is 2.21. The minimum absolute atomic E-state index is 0.0196. The van der Waals surface area contributed by atoms with Gasteiger partial charge >= 0.3 is 0 Å². The maximum atomic E-state index is 12.5. The molecule has 1 fully saturated rings. The zero-order valence-electron chi connectivity index (χ0n) is 14.3. The molecule has 1 N–H and O–H groups in total. The SMILES string of the molecule is CCc1nc(CN2CCCC(C(=O)Nc3ccc(C)cn3)C2)cs1. The minimum Gasteiger partial charge on any atom is -0.310 e. The number of carbonyl (C=O) groups is 1. The van der Waals surface area contributed by atoms with Gasteiger partial charge in [0.15, 0.2) is 0 Å². The molecule has 6 heteroatoms. The molecule has 0 bridgehead atoms. The van der Waals surface area contributed by atoms with E-state index in [1.807, 2.05) is 19.1 Å². The topological polar surface area (TPSA) is 58.1 Å². The number of carbonyl (C=O) groups excluding carboxylic acids is 1. The third kappa shape index (κ3) is 4.39. The Balaban J connectivity index is 1.56. The molecule has 128 valence electrons. The average Bonchev–Trinajstić information content (AvgIpc) is 3.05. The molecule has 1 saturated heterocycles. The number of piperidine rings is 1. The zero-order valence-corrected chi connectivity index (χ0v) is 15.1. The lowest BCUT2D eigenvalue weighted by Gasteiger charge is -2.31. The number of hydrogen-bond donors (Lipinski definition) is 1. The van der Waals surface area contributed by atoms with Crippen LogP contribution in [0.15, 0.2) is 23.7 Å². The summed E-state index contributed by atoms with van der Waals surface area (Å²) in [6.07, 6.45) is 4.74. The van der Waals surface area contributed by atoms with Crippen LogP contribution in [0.2, 0.25) is 0 Å². The van der Waals surface area contributed by atoms with Crippen molar-refractivity contribution in [3.8, 4) is 0 Å². The summed E-state index contributed by atoms with van der Waals surface area (Å²) in [5.41, 5.74) is 2.21. The lowest BCUT2D eigenvalue weighted by molar-refractivity contribution is -0.121. The molecule has 1 aliphatic rings. The van der Waals surface area contributed by atoms with Crippen molar-refractivity contribution in [3.63, 3.8) is 0 Å². The van der Waals surface area contributed by atoms with E-state index in [-0.39, 0.29) is 11.8 Å². The summed E-state index contributed by atoms with van der Waals surface area (Å²) in [6, 6.07) is 3.82. The van der Waals surface area contributed by atoms with Crippen LogP contribution in [0.1, 0.15) is 36.0 Å². The quantitative estimate of drug-likeness (QED) is 0.904. The molecule has 0 radical (unpaired) electrons. The molecule has 1 amide bonds. The first-order valence-corrected chi connectivity index (χ1v) is 9.41. The molecular formula is C18H24N4OS. The van der Waals surface area contributed by atoms with E-state index >= 15 is 0 Å². The molecule has 1 aliphatic heterocycles. The minimum atomic E-state index is 0.0196. The van der Waals surface area contributed by atoms with Crippen molar-refractivity contribution in [2.24, 2.45) is 5.92 Å². The summed E-state index contributed by atoms with van der Waals surface area (Å²) in [5.74, 6) is 0.726. The smallest absolute Gasteiger partial charge is 0.229 e. The maximum absolute atomic E-state index is 12.5. The third-order valence-electron chi connectivity index (χ3n) is 4.33. The van der Waals surface area contributed by atoms with E-state index in [0.29, 0.717) is 5.82 Å². The molecule has 0 aromatic carbocycles. The van der Waals surface area contributed by atoms with Gasteiger partial charge in [0.2, 0.25) is 5.91 Å². The largest absolute Gasteiger partial charge is 0.310 e. The number of amides is 1. The summed E-state index contributed by atoms with van der Waals surface area (Å²) >= 11 is 1.72. The molecule has 24 heavy (non-hydrogen) atoms.